The fourth-order valence-corrected chi connectivity index (χ4v) is 3.07. The van der Waals surface area contributed by atoms with Gasteiger partial charge in [-0.2, -0.15) is 0 Å². The van der Waals surface area contributed by atoms with Crippen LogP contribution in [0.2, 0.25) is 0 Å². The van der Waals surface area contributed by atoms with Gasteiger partial charge in [0.05, 0.1) is 0 Å². The first-order chi connectivity index (χ1) is 9.72. The second-order valence-electron chi connectivity index (χ2n) is 6.96. The summed E-state index contributed by atoms with van der Waals surface area (Å²) in [6.07, 6.45) is 10.6. The molecule has 0 heterocycles. The highest BCUT2D eigenvalue weighted by Gasteiger charge is 2.31. The predicted molar refractivity (Wildman–Crippen MR) is 83.3 cm³/mol. The van der Waals surface area contributed by atoms with E-state index in [1.54, 1.807) is 0 Å². The van der Waals surface area contributed by atoms with Crippen molar-refractivity contribution >= 4 is 5.91 Å². The second kappa shape index (κ2) is 8.02. The summed E-state index contributed by atoms with van der Waals surface area (Å²) in [4.78, 5) is 14.7. The fraction of sp³-hybridized carbons (Fsp3) is 0.941. The zero-order chi connectivity index (χ0) is 14.4. The molecule has 0 aromatic rings. The van der Waals surface area contributed by atoms with Crippen molar-refractivity contribution in [3.8, 4) is 0 Å². The molecule has 3 nitrogen and oxygen atoms in total. The lowest BCUT2D eigenvalue weighted by Gasteiger charge is -2.24. The Kier molecular flexibility index (Phi) is 6.34. The molecule has 3 heteroatoms. The van der Waals surface area contributed by atoms with Crippen molar-refractivity contribution in [1.82, 2.24) is 4.90 Å². The van der Waals surface area contributed by atoms with E-state index < -0.39 is 0 Å². The van der Waals surface area contributed by atoms with Gasteiger partial charge in [-0.1, -0.05) is 19.8 Å². The van der Waals surface area contributed by atoms with Gasteiger partial charge in [-0.15, -0.1) is 0 Å². The molecule has 0 aromatic carbocycles. The molecular formula is C17H32N2O. The number of carbonyl (C=O) groups is 1. The van der Waals surface area contributed by atoms with Gasteiger partial charge in [0.1, 0.15) is 0 Å². The molecule has 2 fully saturated rings. The largest absolute Gasteiger partial charge is 0.342 e. The van der Waals surface area contributed by atoms with Crippen molar-refractivity contribution in [2.45, 2.75) is 64.7 Å². The van der Waals surface area contributed by atoms with Gasteiger partial charge in [0.2, 0.25) is 5.91 Å². The summed E-state index contributed by atoms with van der Waals surface area (Å²) in [6.45, 7) is 5.04. The molecule has 2 N–H and O–H groups in total. The second-order valence-corrected chi connectivity index (χ2v) is 6.96. The van der Waals surface area contributed by atoms with Gasteiger partial charge in [-0.25, -0.2) is 0 Å². The molecule has 20 heavy (non-hydrogen) atoms. The molecule has 0 aromatic heterocycles. The van der Waals surface area contributed by atoms with Gasteiger partial charge < -0.3 is 10.6 Å². The number of amides is 1. The fourth-order valence-electron chi connectivity index (χ4n) is 3.07. The summed E-state index contributed by atoms with van der Waals surface area (Å²) in [5.74, 6) is 2.68. The maximum atomic E-state index is 12.5. The van der Waals surface area contributed by atoms with Gasteiger partial charge in [0.15, 0.2) is 0 Å². The highest BCUT2D eigenvalue weighted by molar-refractivity contribution is 5.76. The lowest BCUT2D eigenvalue weighted by molar-refractivity contribution is -0.132. The maximum absolute atomic E-state index is 12.5. The Bertz CT molecular complexity index is 277. The minimum absolute atomic E-state index is 0.405. The van der Waals surface area contributed by atoms with E-state index in [1.807, 2.05) is 0 Å². The number of carbonyl (C=O) groups excluding carboxylic acids is 1. The molecule has 1 unspecified atom stereocenters. The Morgan fingerprint density at radius 1 is 1.10 bits per heavy atom. The van der Waals surface area contributed by atoms with E-state index in [0.29, 0.717) is 11.8 Å². The Balaban J connectivity index is 1.73. The van der Waals surface area contributed by atoms with Gasteiger partial charge in [-0.3, -0.25) is 4.79 Å². The average molecular weight is 280 g/mol. The van der Waals surface area contributed by atoms with E-state index in [-0.39, 0.29) is 0 Å². The molecule has 0 saturated heterocycles. The first kappa shape index (κ1) is 15.8. The van der Waals surface area contributed by atoms with Crippen molar-refractivity contribution < 1.29 is 4.79 Å². The molecular weight excluding hydrogens is 248 g/mol. The predicted octanol–water partition coefficient (Wildman–Crippen LogP) is 3.18. The smallest absolute Gasteiger partial charge is 0.222 e. The number of hydrogen-bond donors (Lipinski definition) is 1. The van der Waals surface area contributed by atoms with Crippen molar-refractivity contribution in [1.29, 1.82) is 0 Å². The van der Waals surface area contributed by atoms with Crippen molar-refractivity contribution in [3.63, 3.8) is 0 Å². The summed E-state index contributed by atoms with van der Waals surface area (Å²) in [7, 11) is 0. The molecule has 0 aliphatic heterocycles. The van der Waals surface area contributed by atoms with Crippen LogP contribution in [0.4, 0.5) is 0 Å². The third kappa shape index (κ3) is 5.82. The van der Waals surface area contributed by atoms with Crippen LogP contribution in [-0.4, -0.2) is 30.4 Å². The summed E-state index contributed by atoms with van der Waals surface area (Å²) in [5.41, 5.74) is 5.68. The third-order valence-electron chi connectivity index (χ3n) is 4.74. The molecule has 1 amide bonds. The highest BCUT2D eigenvalue weighted by Crippen LogP contribution is 2.34. The molecule has 2 aliphatic rings. The van der Waals surface area contributed by atoms with E-state index in [4.69, 9.17) is 5.73 Å². The van der Waals surface area contributed by atoms with E-state index >= 15 is 0 Å². The Hall–Kier alpha value is -0.570. The summed E-state index contributed by atoms with van der Waals surface area (Å²) in [6, 6.07) is 0. The van der Waals surface area contributed by atoms with Crippen LogP contribution in [0.3, 0.4) is 0 Å². The molecule has 2 rings (SSSR count). The molecule has 116 valence electrons. The molecule has 0 spiro atoms. The molecule has 2 saturated carbocycles. The normalized spacial score (nSPS) is 19.9. The lowest BCUT2D eigenvalue weighted by atomic mass is 9.94. The Morgan fingerprint density at radius 2 is 1.70 bits per heavy atom. The minimum Gasteiger partial charge on any atom is -0.342 e. The highest BCUT2D eigenvalue weighted by atomic mass is 16.2. The van der Waals surface area contributed by atoms with E-state index in [0.717, 1.165) is 50.7 Å². The zero-order valence-electron chi connectivity index (χ0n) is 13.2. The number of hydrogen-bond acceptors (Lipinski definition) is 2. The van der Waals surface area contributed by atoms with Gasteiger partial charge >= 0.3 is 0 Å². The van der Waals surface area contributed by atoms with Crippen molar-refractivity contribution in [2.24, 2.45) is 23.5 Å². The van der Waals surface area contributed by atoms with Crippen molar-refractivity contribution in [3.05, 3.63) is 0 Å². The zero-order valence-corrected chi connectivity index (χ0v) is 13.2. The number of rotatable bonds is 11. The van der Waals surface area contributed by atoms with Crippen LogP contribution in [-0.2, 0) is 4.79 Å². The van der Waals surface area contributed by atoms with Crippen LogP contribution in [0, 0.1) is 17.8 Å². The summed E-state index contributed by atoms with van der Waals surface area (Å²) in [5, 5.41) is 0. The Labute approximate surface area is 124 Å². The summed E-state index contributed by atoms with van der Waals surface area (Å²) >= 11 is 0. The van der Waals surface area contributed by atoms with E-state index in [9.17, 15) is 4.79 Å². The van der Waals surface area contributed by atoms with Crippen molar-refractivity contribution in [2.75, 3.05) is 19.6 Å². The van der Waals surface area contributed by atoms with Gasteiger partial charge in [-0.05, 0) is 62.8 Å². The first-order valence-electron chi connectivity index (χ1n) is 8.70. The SMILES string of the molecule is CCCC(CCN)CCC(=O)N(CC1CC1)CC1CC1. The van der Waals surface area contributed by atoms with Gasteiger partial charge in [0.25, 0.3) is 0 Å². The van der Waals surface area contributed by atoms with Crippen LogP contribution >= 0.6 is 0 Å². The van der Waals surface area contributed by atoms with Crippen LogP contribution in [0.25, 0.3) is 0 Å². The standard InChI is InChI=1S/C17H32N2O/c1-2-3-14(10-11-18)8-9-17(20)19(12-15-4-5-15)13-16-6-7-16/h14-16H,2-13,18H2,1H3. The monoisotopic (exact) mass is 280 g/mol. The average Bonchev–Trinajstić information content (AvgIpc) is 3.30. The summed E-state index contributed by atoms with van der Waals surface area (Å²) < 4.78 is 0. The minimum atomic E-state index is 0.405. The van der Waals surface area contributed by atoms with Crippen LogP contribution in [0.1, 0.15) is 64.7 Å². The molecule has 1 atom stereocenters. The van der Waals surface area contributed by atoms with Crippen LogP contribution < -0.4 is 5.73 Å². The quantitative estimate of drug-likeness (QED) is 0.632. The Morgan fingerprint density at radius 3 is 2.15 bits per heavy atom. The van der Waals surface area contributed by atoms with Crippen LogP contribution in [0.15, 0.2) is 0 Å². The molecule has 2 aliphatic carbocycles. The van der Waals surface area contributed by atoms with Crippen LogP contribution in [0.5, 0.6) is 0 Å². The lowest BCUT2D eigenvalue weighted by Crippen LogP contribution is -2.34. The molecule has 0 radical (unpaired) electrons. The first-order valence-corrected chi connectivity index (χ1v) is 8.70. The van der Waals surface area contributed by atoms with E-state index in [1.165, 1.54) is 38.5 Å². The third-order valence-corrected chi connectivity index (χ3v) is 4.74. The van der Waals surface area contributed by atoms with Gasteiger partial charge in [0, 0.05) is 19.5 Å². The topological polar surface area (TPSA) is 46.3 Å². The molecule has 0 bridgehead atoms. The van der Waals surface area contributed by atoms with E-state index in [2.05, 4.69) is 11.8 Å². The maximum Gasteiger partial charge on any atom is 0.222 e. The number of nitrogens with two attached hydrogens (primary N) is 1. The number of nitrogens with zero attached hydrogens (tertiary/aromatic N) is 1.